The van der Waals surface area contributed by atoms with Gasteiger partial charge in [0.15, 0.2) is 17.7 Å². The number of guanidine groups is 1. The van der Waals surface area contributed by atoms with Gasteiger partial charge in [-0.15, -0.1) is 0 Å². The van der Waals surface area contributed by atoms with Gasteiger partial charge in [0.25, 0.3) is 0 Å². The van der Waals surface area contributed by atoms with Crippen LogP contribution in [0.3, 0.4) is 0 Å². The molecule has 2 aromatic rings. The summed E-state index contributed by atoms with van der Waals surface area (Å²) in [4.78, 5) is 9.10. The molecule has 7 nitrogen and oxygen atoms in total. The van der Waals surface area contributed by atoms with E-state index in [0.29, 0.717) is 17.5 Å². The van der Waals surface area contributed by atoms with Gasteiger partial charge >= 0.3 is 5.96 Å². The zero-order valence-corrected chi connectivity index (χ0v) is 15.4. The third-order valence-corrected chi connectivity index (χ3v) is 4.34. The van der Waals surface area contributed by atoms with Gasteiger partial charge in [-0.1, -0.05) is 23.8 Å². The summed E-state index contributed by atoms with van der Waals surface area (Å²) >= 11 is 0. The molecule has 1 N–H and O–H groups in total. The molecule has 4 rings (SSSR count). The maximum absolute atomic E-state index is 5.39. The molecule has 7 heteroatoms. The normalized spacial score (nSPS) is 20.0. The van der Waals surface area contributed by atoms with E-state index in [4.69, 9.17) is 9.47 Å². The van der Waals surface area contributed by atoms with Crippen LogP contribution in [0.25, 0.3) is 5.70 Å². The fraction of sp³-hybridized carbons (Fsp3) is 0.150. The molecule has 2 aliphatic rings. The maximum atomic E-state index is 5.39. The van der Waals surface area contributed by atoms with Gasteiger partial charge in [-0.25, -0.2) is 0 Å². The first-order valence-corrected chi connectivity index (χ1v) is 8.50. The maximum Gasteiger partial charge on any atom is 0.387 e. The lowest BCUT2D eigenvalue weighted by molar-refractivity contribution is -0.769. The molecule has 0 radical (unpaired) electrons. The Labute approximate surface area is 157 Å². The molecule has 0 saturated heterocycles. The second-order valence-corrected chi connectivity index (χ2v) is 6.21. The van der Waals surface area contributed by atoms with Crippen molar-refractivity contribution in [2.24, 2.45) is 15.1 Å². The molecule has 0 amide bonds. The smallest absolute Gasteiger partial charge is 0.387 e. The fourth-order valence-corrected chi connectivity index (χ4v) is 3.04. The standard InChI is InChI=1S/C20H20N5O2/c1-14-5-4-6-15(11-14)17-13-25(20(23-17)21-9-10-22-25)24-16-7-8-18(26-2)19(12-16)27-3/h4-13,24H,1-3H3/q+1. The predicted molar refractivity (Wildman–Crippen MR) is 107 cm³/mol. The van der Waals surface area contributed by atoms with E-state index in [1.165, 1.54) is 5.56 Å². The van der Waals surface area contributed by atoms with Crippen molar-refractivity contribution < 1.29 is 14.2 Å². The monoisotopic (exact) mass is 362 g/mol. The van der Waals surface area contributed by atoms with Crippen molar-refractivity contribution in [3.8, 4) is 11.5 Å². The molecule has 0 aliphatic carbocycles. The molecule has 136 valence electrons. The Balaban J connectivity index is 1.73. The van der Waals surface area contributed by atoms with Crippen molar-refractivity contribution in [1.82, 2.24) is 0 Å². The highest BCUT2D eigenvalue weighted by molar-refractivity contribution is 6.20. The highest BCUT2D eigenvalue weighted by Crippen LogP contribution is 2.34. The van der Waals surface area contributed by atoms with Gasteiger partial charge in [-0.3, -0.25) is 0 Å². The topological polar surface area (TPSA) is 67.6 Å². The summed E-state index contributed by atoms with van der Waals surface area (Å²) in [6.45, 7) is 2.06. The Bertz CT molecular complexity index is 1010. The highest BCUT2D eigenvalue weighted by Gasteiger charge is 2.42. The number of aryl methyl sites for hydroxylation is 1. The Morgan fingerprint density at radius 2 is 1.81 bits per heavy atom. The molecule has 2 heterocycles. The van der Waals surface area contributed by atoms with Crippen molar-refractivity contribution in [3.05, 3.63) is 59.8 Å². The first-order chi connectivity index (χ1) is 13.1. The molecule has 0 aromatic heterocycles. The van der Waals surface area contributed by atoms with Gasteiger partial charge in [0.05, 0.1) is 26.1 Å². The summed E-state index contributed by atoms with van der Waals surface area (Å²) in [6.07, 6.45) is 5.23. The lowest BCUT2D eigenvalue weighted by atomic mass is 10.1. The molecular weight excluding hydrogens is 342 g/mol. The van der Waals surface area contributed by atoms with Crippen LogP contribution in [-0.2, 0) is 0 Å². The zero-order chi connectivity index (χ0) is 18.9. The minimum absolute atomic E-state index is 0.0464. The summed E-state index contributed by atoms with van der Waals surface area (Å²) in [5.74, 6) is 1.84. The minimum Gasteiger partial charge on any atom is -0.493 e. The highest BCUT2D eigenvalue weighted by atomic mass is 16.5. The average Bonchev–Trinajstić information content (AvgIpc) is 3.07. The number of nitrogens with one attached hydrogen (secondary N) is 1. The van der Waals surface area contributed by atoms with E-state index in [0.717, 1.165) is 16.9 Å². The van der Waals surface area contributed by atoms with E-state index in [1.807, 2.05) is 36.5 Å². The predicted octanol–water partition coefficient (Wildman–Crippen LogP) is 3.59. The van der Waals surface area contributed by atoms with E-state index in [9.17, 15) is 0 Å². The number of rotatable bonds is 5. The summed E-state index contributed by atoms with van der Waals surface area (Å²) in [7, 11) is 3.22. The van der Waals surface area contributed by atoms with Crippen LogP contribution >= 0.6 is 0 Å². The number of quaternary nitrogens is 1. The SMILES string of the molecule is COc1ccc(N[N+]23C=C(c4cccc(C)c4)N=C2N=CC=N3)cc1OC. The van der Waals surface area contributed by atoms with Crippen molar-refractivity contribution in [3.63, 3.8) is 0 Å². The third kappa shape index (κ3) is 3.09. The molecule has 0 bridgehead atoms. The van der Waals surface area contributed by atoms with Crippen LogP contribution in [-0.4, -0.2) is 37.3 Å². The van der Waals surface area contributed by atoms with Gasteiger partial charge in [0, 0.05) is 11.6 Å². The first kappa shape index (κ1) is 17.0. The number of hydrogen-bond acceptors (Lipinski definition) is 6. The van der Waals surface area contributed by atoms with Crippen LogP contribution in [0.5, 0.6) is 11.5 Å². The third-order valence-electron chi connectivity index (χ3n) is 4.34. The quantitative estimate of drug-likeness (QED) is 0.827. The van der Waals surface area contributed by atoms with E-state index in [1.54, 1.807) is 26.6 Å². The Kier molecular flexibility index (Phi) is 4.21. The van der Waals surface area contributed by atoms with Crippen molar-refractivity contribution in [2.45, 2.75) is 6.92 Å². The lowest BCUT2D eigenvalue weighted by Gasteiger charge is -2.25. The van der Waals surface area contributed by atoms with Crippen molar-refractivity contribution in [1.29, 1.82) is 0 Å². The molecular formula is C20H20N5O2+. The Hall–Kier alpha value is -3.45. The average molecular weight is 362 g/mol. The van der Waals surface area contributed by atoms with Gasteiger partial charge in [-0.05, 0) is 34.9 Å². The molecule has 1 unspecified atom stereocenters. The number of fused-ring (bicyclic) bond motifs is 1. The molecule has 0 saturated carbocycles. The number of benzene rings is 2. The van der Waals surface area contributed by atoms with E-state index >= 15 is 0 Å². The zero-order valence-electron chi connectivity index (χ0n) is 15.4. The van der Waals surface area contributed by atoms with Crippen molar-refractivity contribution >= 4 is 29.8 Å². The van der Waals surface area contributed by atoms with Gasteiger partial charge in [-0.2, -0.15) is 15.4 Å². The summed E-state index contributed by atoms with van der Waals surface area (Å²) in [5, 5.41) is 4.59. The second kappa shape index (κ2) is 6.69. The minimum atomic E-state index is -0.0464. The molecule has 0 spiro atoms. The van der Waals surface area contributed by atoms with Crippen LogP contribution in [0.1, 0.15) is 11.1 Å². The van der Waals surface area contributed by atoms with Crippen LogP contribution in [0.4, 0.5) is 5.69 Å². The van der Waals surface area contributed by atoms with Crippen LogP contribution in [0.15, 0.2) is 63.8 Å². The number of methoxy groups -OCH3 is 2. The Morgan fingerprint density at radius 1 is 0.963 bits per heavy atom. The number of ether oxygens (including phenoxy) is 2. The number of anilines is 1. The molecule has 2 aliphatic heterocycles. The first-order valence-electron chi connectivity index (χ1n) is 8.50. The van der Waals surface area contributed by atoms with Crippen molar-refractivity contribution in [2.75, 3.05) is 19.6 Å². The second-order valence-electron chi connectivity index (χ2n) is 6.21. The Morgan fingerprint density at radius 3 is 2.59 bits per heavy atom. The summed E-state index contributed by atoms with van der Waals surface area (Å²) < 4.78 is 10.7. The van der Waals surface area contributed by atoms with Crippen LogP contribution in [0.2, 0.25) is 0 Å². The van der Waals surface area contributed by atoms with E-state index in [2.05, 4.69) is 39.6 Å². The van der Waals surface area contributed by atoms with Gasteiger partial charge < -0.3 is 9.47 Å². The summed E-state index contributed by atoms with van der Waals surface area (Å²) in [6, 6.07) is 13.8. The number of hydrogen-bond donors (Lipinski definition) is 1. The van der Waals surface area contributed by atoms with Gasteiger partial charge in [0.2, 0.25) is 0 Å². The molecule has 1 atom stereocenters. The van der Waals surface area contributed by atoms with Crippen LogP contribution in [0, 0.1) is 6.92 Å². The summed E-state index contributed by atoms with van der Waals surface area (Å²) in [5.41, 5.74) is 7.19. The van der Waals surface area contributed by atoms with Crippen LogP contribution < -0.4 is 14.9 Å². The largest absolute Gasteiger partial charge is 0.493 e. The van der Waals surface area contributed by atoms with E-state index < -0.39 is 0 Å². The van der Waals surface area contributed by atoms with E-state index in [-0.39, 0.29) is 4.70 Å². The molecule has 2 aromatic carbocycles. The number of nitrogens with zero attached hydrogens (tertiary/aromatic N) is 4. The lowest BCUT2D eigenvalue weighted by Crippen LogP contribution is -2.47. The number of aliphatic imine (C=N–C) groups is 2. The molecule has 0 fully saturated rings. The molecule has 27 heavy (non-hydrogen) atoms. The van der Waals surface area contributed by atoms with Gasteiger partial charge in [0.1, 0.15) is 11.9 Å². The fourth-order valence-electron chi connectivity index (χ4n) is 3.04.